The fourth-order valence-electron chi connectivity index (χ4n) is 3.95. The molecular formula is C24H28N3O4+. The van der Waals surface area contributed by atoms with E-state index in [1.54, 1.807) is 31.5 Å². The lowest BCUT2D eigenvalue weighted by molar-refractivity contribution is -0.908. The van der Waals surface area contributed by atoms with Gasteiger partial charge in [-0.3, -0.25) is 14.2 Å². The lowest BCUT2D eigenvalue weighted by atomic mass is 10.1. The number of ether oxygens (including phenoxy) is 2. The summed E-state index contributed by atoms with van der Waals surface area (Å²) in [6.07, 6.45) is 2.53. The molecule has 0 saturated carbocycles. The minimum Gasteiger partial charge on any atom is -0.497 e. The Hall–Kier alpha value is -3.16. The summed E-state index contributed by atoms with van der Waals surface area (Å²) in [5, 5.41) is 4.21. The maximum absolute atomic E-state index is 13.1. The van der Waals surface area contributed by atoms with E-state index in [9.17, 15) is 9.59 Å². The molecule has 1 amide bonds. The normalized spacial score (nSPS) is 14.5. The molecule has 1 fully saturated rings. The van der Waals surface area contributed by atoms with E-state index in [-0.39, 0.29) is 11.5 Å². The maximum atomic E-state index is 13.1. The quantitative estimate of drug-likeness (QED) is 0.558. The first kappa shape index (κ1) is 21.1. The number of hydrogen-bond donors (Lipinski definition) is 2. The molecule has 4 rings (SSSR count). The van der Waals surface area contributed by atoms with Gasteiger partial charge in [-0.05, 0) is 30.3 Å². The molecule has 1 aliphatic heterocycles. The number of aromatic nitrogens is 1. The number of carbonyl (C=O) groups is 1. The van der Waals surface area contributed by atoms with Gasteiger partial charge in [-0.15, -0.1) is 0 Å². The molecule has 2 heterocycles. The summed E-state index contributed by atoms with van der Waals surface area (Å²) in [6, 6.07) is 14.4. The maximum Gasteiger partial charge on any atom is 0.262 e. The van der Waals surface area contributed by atoms with Crippen LogP contribution in [0.15, 0.2) is 59.5 Å². The van der Waals surface area contributed by atoms with Crippen LogP contribution < -0.4 is 20.5 Å². The minimum atomic E-state index is -0.171. The zero-order valence-corrected chi connectivity index (χ0v) is 17.7. The molecule has 2 N–H and O–H groups in total. The predicted octanol–water partition coefficient (Wildman–Crippen LogP) is 1.03. The molecule has 1 aliphatic rings. The van der Waals surface area contributed by atoms with Crippen molar-refractivity contribution in [2.24, 2.45) is 0 Å². The topological polar surface area (TPSA) is 74.0 Å². The highest BCUT2D eigenvalue weighted by molar-refractivity contribution is 6.06. The van der Waals surface area contributed by atoms with Crippen LogP contribution in [0.1, 0.15) is 16.8 Å². The van der Waals surface area contributed by atoms with Gasteiger partial charge < -0.3 is 19.7 Å². The van der Waals surface area contributed by atoms with Crippen LogP contribution in [0.25, 0.3) is 16.5 Å². The Morgan fingerprint density at radius 3 is 2.52 bits per heavy atom. The molecule has 0 aliphatic carbocycles. The highest BCUT2D eigenvalue weighted by atomic mass is 16.5. The van der Waals surface area contributed by atoms with Gasteiger partial charge in [0.05, 0.1) is 32.4 Å². The predicted molar refractivity (Wildman–Crippen MR) is 119 cm³/mol. The molecule has 7 nitrogen and oxygen atoms in total. The lowest BCUT2D eigenvalue weighted by Gasteiger charge is -2.23. The van der Waals surface area contributed by atoms with E-state index in [2.05, 4.69) is 5.32 Å². The summed E-state index contributed by atoms with van der Waals surface area (Å²) in [7, 11) is 1.60. The Labute approximate surface area is 181 Å². The highest BCUT2D eigenvalue weighted by Gasteiger charge is 2.16. The monoisotopic (exact) mass is 422 g/mol. The van der Waals surface area contributed by atoms with E-state index in [1.165, 1.54) is 9.47 Å². The average molecular weight is 423 g/mol. The van der Waals surface area contributed by atoms with Crippen molar-refractivity contribution in [3.05, 3.63) is 70.6 Å². The van der Waals surface area contributed by atoms with Gasteiger partial charge in [0.25, 0.3) is 11.5 Å². The van der Waals surface area contributed by atoms with E-state index in [1.807, 2.05) is 30.3 Å². The van der Waals surface area contributed by atoms with Gasteiger partial charge >= 0.3 is 0 Å². The van der Waals surface area contributed by atoms with Gasteiger partial charge in [0.2, 0.25) is 0 Å². The summed E-state index contributed by atoms with van der Waals surface area (Å²) in [5.41, 5.74) is 1.01. The number of nitrogens with one attached hydrogen (secondary N) is 2. The van der Waals surface area contributed by atoms with Crippen molar-refractivity contribution >= 4 is 16.7 Å². The number of fused-ring (bicyclic) bond motifs is 1. The van der Waals surface area contributed by atoms with Gasteiger partial charge in [-0.1, -0.05) is 18.2 Å². The third-order valence-corrected chi connectivity index (χ3v) is 5.71. The van der Waals surface area contributed by atoms with Crippen LogP contribution in [-0.4, -0.2) is 57.0 Å². The smallest absolute Gasteiger partial charge is 0.262 e. The third-order valence-electron chi connectivity index (χ3n) is 5.71. The van der Waals surface area contributed by atoms with Crippen molar-refractivity contribution in [3.63, 3.8) is 0 Å². The summed E-state index contributed by atoms with van der Waals surface area (Å²) in [5.74, 6) is 0.536. The zero-order valence-electron chi connectivity index (χ0n) is 17.7. The standard InChI is InChI=1S/C24H27N3O4/c1-30-19-9-7-18(8-10-19)27-17-22(20-5-2-3-6-21(20)24(27)29)23(28)25-11-4-12-26-13-15-31-16-14-26/h2-3,5-10,17H,4,11-16H2,1H3,(H,25,28)/p+1. The van der Waals surface area contributed by atoms with Crippen molar-refractivity contribution in [2.75, 3.05) is 46.5 Å². The Morgan fingerprint density at radius 2 is 1.81 bits per heavy atom. The summed E-state index contributed by atoms with van der Waals surface area (Å²) in [6.45, 7) is 5.26. The second-order valence-corrected chi connectivity index (χ2v) is 7.68. The molecule has 162 valence electrons. The van der Waals surface area contributed by atoms with E-state index in [0.29, 0.717) is 34.3 Å². The van der Waals surface area contributed by atoms with Crippen LogP contribution >= 0.6 is 0 Å². The molecule has 0 unspecified atom stereocenters. The minimum absolute atomic E-state index is 0.159. The molecule has 3 aromatic rings. The molecule has 1 aromatic heterocycles. The Morgan fingerprint density at radius 1 is 1.10 bits per heavy atom. The number of methoxy groups -OCH3 is 1. The summed E-state index contributed by atoms with van der Waals surface area (Å²) >= 11 is 0. The molecule has 0 bridgehead atoms. The first-order chi connectivity index (χ1) is 15.2. The molecule has 1 saturated heterocycles. The average Bonchev–Trinajstić information content (AvgIpc) is 2.83. The first-order valence-corrected chi connectivity index (χ1v) is 10.7. The molecule has 2 aromatic carbocycles. The number of quaternary nitrogens is 1. The number of benzene rings is 2. The molecule has 0 atom stereocenters. The van der Waals surface area contributed by atoms with Crippen molar-refractivity contribution in [1.29, 1.82) is 0 Å². The first-order valence-electron chi connectivity index (χ1n) is 10.7. The van der Waals surface area contributed by atoms with E-state index in [0.717, 1.165) is 39.3 Å². The second kappa shape index (κ2) is 9.76. The zero-order chi connectivity index (χ0) is 21.6. The number of rotatable bonds is 7. The van der Waals surface area contributed by atoms with Gasteiger partial charge in [0.15, 0.2) is 0 Å². The van der Waals surface area contributed by atoms with Gasteiger partial charge in [0.1, 0.15) is 18.8 Å². The Kier molecular flexibility index (Phi) is 6.64. The fraction of sp³-hybridized carbons (Fsp3) is 0.333. The largest absolute Gasteiger partial charge is 0.497 e. The molecule has 0 spiro atoms. The number of hydrogen-bond acceptors (Lipinski definition) is 4. The van der Waals surface area contributed by atoms with Crippen molar-refractivity contribution < 1.29 is 19.2 Å². The number of carbonyl (C=O) groups excluding carboxylic acids is 1. The van der Waals surface area contributed by atoms with Crippen LogP contribution in [0.2, 0.25) is 0 Å². The van der Waals surface area contributed by atoms with Crippen molar-refractivity contribution in [3.8, 4) is 11.4 Å². The van der Waals surface area contributed by atoms with Crippen molar-refractivity contribution in [1.82, 2.24) is 9.88 Å². The summed E-state index contributed by atoms with van der Waals surface area (Å²) < 4.78 is 12.1. The summed E-state index contributed by atoms with van der Waals surface area (Å²) in [4.78, 5) is 27.6. The number of morpholine rings is 1. The number of pyridine rings is 1. The second-order valence-electron chi connectivity index (χ2n) is 7.68. The fourth-order valence-corrected chi connectivity index (χ4v) is 3.95. The SMILES string of the molecule is COc1ccc(-n2cc(C(=O)NCCC[NH+]3CCOCC3)c3ccccc3c2=O)cc1. The lowest BCUT2D eigenvalue weighted by Crippen LogP contribution is -3.14. The molecular weight excluding hydrogens is 394 g/mol. The molecule has 0 radical (unpaired) electrons. The Bertz CT molecular complexity index is 1100. The van der Waals surface area contributed by atoms with Crippen LogP contribution in [0, 0.1) is 0 Å². The number of amides is 1. The third kappa shape index (κ3) is 4.78. The van der Waals surface area contributed by atoms with E-state index in [4.69, 9.17) is 9.47 Å². The van der Waals surface area contributed by atoms with Crippen LogP contribution in [0.4, 0.5) is 0 Å². The van der Waals surface area contributed by atoms with Crippen LogP contribution in [0.3, 0.4) is 0 Å². The number of nitrogens with zero attached hydrogens (tertiary/aromatic N) is 1. The van der Waals surface area contributed by atoms with Gasteiger partial charge in [-0.25, -0.2) is 0 Å². The van der Waals surface area contributed by atoms with Gasteiger partial charge in [0, 0.05) is 35.6 Å². The van der Waals surface area contributed by atoms with Crippen LogP contribution in [-0.2, 0) is 4.74 Å². The van der Waals surface area contributed by atoms with Gasteiger partial charge in [-0.2, -0.15) is 0 Å². The van der Waals surface area contributed by atoms with E-state index < -0.39 is 0 Å². The van der Waals surface area contributed by atoms with Crippen LogP contribution in [0.5, 0.6) is 5.75 Å². The molecule has 7 heteroatoms. The van der Waals surface area contributed by atoms with E-state index >= 15 is 0 Å². The molecule has 31 heavy (non-hydrogen) atoms. The Balaban J connectivity index is 1.56. The van der Waals surface area contributed by atoms with Crippen molar-refractivity contribution in [2.45, 2.75) is 6.42 Å². The highest BCUT2D eigenvalue weighted by Crippen LogP contribution is 2.19.